The summed E-state index contributed by atoms with van der Waals surface area (Å²) in [6.07, 6.45) is 1.89. The van der Waals surface area contributed by atoms with Gasteiger partial charge in [-0.3, -0.25) is 9.00 Å². The maximum atomic E-state index is 13.0. The van der Waals surface area contributed by atoms with Crippen LogP contribution >= 0.6 is 0 Å². The molecular formula is C20H23N5O3S. The van der Waals surface area contributed by atoms with Gasteiger partial charge in [-0.15, -0.1) is 5.10 Å². The first-order chi connectivity index (χ1) is 14.2. The summed E-state index contributed by atoms with van der Waals surface area (Å²) in [5.74, 6) is 0.665. The summed E-state index contributed by atoms with van der Waals surface area (Å²) < 4.78 is 18.5. The average molecular weight is 414 g/mol. The summed E-state index contributed by atoms with van der Waals surface area (Å²) in [4.78, 5) is 13.0. The van der Waals surface area contributed by atoms with Crippen LogP contribution in [-0.2, 0) is 32.5 Å². The van der Waals surface area contributed by atoms with Gasteiger partial charge < -0.3 is 10.1 Å². The topological polar surface area (TPSA) is 99.0 Å². The molecule has 8 nitrogen and oxygen atoms in total. The average Bonchev–Trinajstić information content (AvgIpc) is 3.26. The fourth-order valence-electron chi connectivity index (χ4n) is 2.85. The SMILES string of the molecule is COCCS(=O)Cc1cccc(NC(=O)C(Cc2ccccc2)n2cnnn2)c1. The summed E-state index contributed by atoms with van der Waals surface area (Å²) in [5.41, 5.74) is 2.53. The minimum Gasteiger partial charge on any atom is -0.384 e. The van der Waals surface area contributed by atoms with Crippen LogP contribution in [0.3, 0.4) is 0 Å². The monoisotopic (exact) mass is 413 g/mol. The molecule has 0 saturated carbocycles. The summed E-state index contributed by atoms with van der Waals surface area (Å²) in [5, 5.41) is 14.1. The lowest BCUT2D eigenvalue weighted by Gasteiger charge is -2.17. The highest BCUT2D eigenvalue weighted by atomic mass is 32.2. The van der Waals surface area contributed by atoms with E-state index < -0.39 is 16.8 Å². The molecule has 0 aliphatic carbocycles. The van der Waals surface area contributed by atoms with E-state index in [2.05, 4.69) is 20.8 Å². The highest BCUT2D eigenvalue weighted by Gasteiger charge is 2.22. The number of benzene rings is 2. The Hall–Kier alpha value is -2.91. The van der Waals surface area contributed by atoms with Gasteiger partial charge in [-0.05, 0) is 33.7 Å². The molecule has 1 aromatic heterocycles. The minimum atomic E-state index is -1.02. The van der Waals surface area contributed by atoms with E-state index in [-0.39, 0.29) is 5.91 Å². The quantitative estimate of drug-likeness (QED) is 0.546. The van der Waals surface area contributed by atoms with Gasteiger partial charge in [0.15, 0.2) is 0 Å². The molecule has 1 N–H and O–H groups in total. The fraction of sp³-hybridized carbons (Fsp3) is 0.300. The maximum absolute atomic E-state index is 13.0. The van der Waals surface area contributed by atoms with E-state index in [0.717, 1.165) is 11.1 Å². The van der Waals surface area contributed by atoms with Gasteiger partial charge in [0.1, 0.15) is 12.4 Å². The lowest BCUT2D eigenvalue weighted by atomic mass is 10.1. The Morgan fingerprint density at radius 1 is 1.17 bits per heavy atom. The van der Waals surface area contributed by atoms with Crippen LogP contribution in [0, 0.1) is 0 Å². The van der Waals surface area contributed by atoms with Gasteiger partial charge in [-0.2, -0.15) is 0 Å². The zero-order valence-electron chi connectivity index (χ0n) is 16.1. The zero-order valence-corrected chi connectivity index (χ0v) is 16.9. The Labute approximate surface area is 171 Å². The van der Waals surface area contributed by atoms with Gasteiger partial charge in [0.2, 0.25) is 5.91 Å². The second-order valence-electron chi connectivity index (χ2n) is 6.47. The van der Waals surface area contributed by atoms with E-state index >= 15 is 0 Å². The molecule has 0 aliphatic rings. The predicted octanol–water partition coefficient (Wildman–Crippen LogP) is 1.99. The van der Waals surface area contributed by atoms with Crippen LogP contribution in [0.15, 0.2) is 60.9 Å². The molecule has 1 amide bonds. The third kappa shape index (κ3) is 6.30. The molecule has 9 heteroatoms. The standard InChI is InChI=1S/C20H23N5O3S/c1-28-10-11-29(27)14-17-8-5-9-18(12-17)22-20(26)19(25-15-21-23-24-25)13-16-6-3-2-4-7-16/h2-9,12,15,19H,10-11,13-14H2,1H3,(H,22,26). The number of hydrogen-bond donors (Lipinski definition) is 1. The third-order valence-corrected chi connectivity index (χ3v) is 5.57. The number of hydrogen-bond acceptors (Lipinski definition) is 6. The number of aromatic nitrogens is 4. The number of nitrogens with zero attached hydrogens (tertiary/aromatic N) is 4. The van der Waals surface area contributed by atoms with Crippen molar-refractivity contribution in [2.24, 2.45) is 0 Å². The van der Waals surface area contributed by atoms with E-state index in [9.17, 15) is 9.00 Å². The molecule has 0 spiro atoms. The van der Waals surface area contributed by atoms with Crippen LogP contribution in [-0.4, -0.2) is 49.8 Å². The third-order valence-electron chi connectivity index (χ3n) is 4.30. The molecule has 152 valence electrons. The Morgan fingerprint density at radius 3 is 2.69 bits per heavy atom. The predicted molar refractivity (Wildman–Crippen MR) is 111 cm³/mol. The number of nitrogens with one attached hydrogen (secondary N) is 1. The largest absolute Gasteiger partial charge is 0.384 e. The molecule has 0 fully saturated rings. The lowest BCUT2D eigenvalue weighted by Crippen LogP contribution is -2.28. The number of anilines is 1. The highest BCUT2D eigenvalue weighted by Crippen LogP contribution is 2.18. The van der Waals surface area contributed by atoms with Crippen molar-refractivity contribution < 1.29 is 13.7 Å². The van der Waals surface area contributed by atoms with Crippen molar-refractivity contribution in [3.05, 3.63) is 72.1 Å². The zero-order chi connectivity index (χ0) is 20.5. The van der Waals surface area contributed by atoms with Crippen LogP contribution in [0.2, 0.25) is 0 Å². The first kappa shape index (κ1) is 20.8. The molecule has 0 bridgehead atoms. The summed E-state index contributed by atoms with van der Waals surface area (Å²) in [6.45, 7) is 0.455. The van der Waals surface area contributed by atoms with Crippen molar-refractivity contribution in [3.63, 3.8) is 0 Å². The minimum absolute atomic E-state index is 0.223. The molecule has 29 heavy (non-hydrogen) atoms. The Kier molecular flexibility index (Phi) is 7.60. The van der Waals surface area contributed by atoms with Crippen LogP contribution < -0.4 is 5.32 Å². The van der Waals surface area contributed by atoms with Crippen molar-refractivity contribution in [2.75, 3.05) is 24.8 Å². The fourth-order valence-corrected chi connectivity index (χ4v) is 3.90. The van der Waals surface area contributed by atoms with Crippen molar-refractivity contribution >= 4 is 22.4 Å². The number of ether oxygens (including phenoxy) is 1. The molecule has 2 unspecified atom stereocenters. The number of carbonyl (C=O) groups is 1. The summed E-state index contributed by atoms with van der Waals surface area (Å²) in [7, 11) is 0.567. The smallest absolute Gasteiger partial charge is 0.249 e. The normalized spacial score (nSPS) is 13.0. The van der Waals surface area contributed by atoms with Crippen LogP contribution in [0.25, 0.3) is 0 Å². The molecule has 3 rings (SSSR count). The second kappa shape index (κ2) is 10.6. The van der Waals surface area contributed by atoms with Gasteiger partial charge in [0.25, 0.3) is 0 Å². The van der Waals surface area contributed by atoms with E-state index in [1.807, 2.05) is 48.5 Å². The van der Waals surface area contributed by atoms with Gasteiger partial charge >= 0.3 is 0 Å². The van der Waals surface area contributed by atoms with E-state index in [1.165, 1.54) is 11.0 Å². The maximum Gasteiger partial charge on any atom is 0.249 e. The van der Waals surface area contributed by atoms with Crippen LogP contribution in [0.1, 0.15) is 17.2 Å². The second-order valence-corrected chi connectivity index (χ2v) is 8.04. The Morgan fingerprint density at radius 2 is 1.97 bits per heavy atom. The highest BCUT2D eigenvalue weighted by molar-refractivity contribution is 7.84. The first-order valence-corrected chi connectivity index (χ1v) is 10.6. The van der Waals surface area contributed by atoms with E-state index in [0.29, 0.717) is 30.2 Å². The van der Waals surface area contributed by atoms with E-state index in [1.54, 1.807) is 13.2 Å². The molecule has 0 aliphatic heterocycles. The van der Waals surface area contributed by atoms with Gasteiger partial charge in [-0.25, -0.2) is 4.68 Å². The summed E-state index contributed by atoms with van der Waals surface area (Å²) in [6, 6.07) is 16.5. The lowest BCUT2D eigenvalue weighted by molar-refractivity contribution is -0.119. The van der Waals surface area contributed by atoms with Crippen molar-refractivity contribution in [1.82, 2.24) is 20.2 Å². The number of carbonyl (C=O) groups excluding carboxylic acids is 1. The van der Waals surface area contributed by atoms with Gasteiger partial charge in [-0.1, -0.05) is 42.5 Å². The molecule has 3 aromatic rings. The van der Waals surface area contributed by atoms with Crippen molar-refractivity contribution in [2.45, 2.75) is 18.2 Å². The van der Waals surface area contributed by atoms with Gasteiger partial charge in [0, 0.05) is 41.5 Å². The van der Waals surface area contributed by atoms with Crippen LogP contribution in [0.4, 0.5) is 5.69 Å². The molecule has 0 saturated heterocycles. The number of rotatable bonds is 10. The molecule has 2 atom stereocenters. The number of tetrazole rings is 1. The van der Waals surface area contributed by atoms with Crippen molar-refractivity contribution in [1.29, 1.82) is 0 Å². The number of methoxy groups -OCH3 is 1. The van der Waals surface area contributed by atoms with Gasteiger partial charge in [0.05, 0.1) is 6.61 Å². The molecule has 0 radical (unpaired) electrons. The summed E-state index contributed by atoms with van der Waals surface area (Å²) >= 11 is 0. The first-order valence-electron chi connectivity index (χ1n) is 9.16. The van der Waals surface area contributed by atoms with E-state index in [4.69, 9.17) is 4.74 Å². The Bertz CT molecular complexity index is 934. The number of amides is 1. The molecule has 1 heterocycles. The molecular weight excluding hydrogens is 390 g/mol. The molecule has 2 aromatic carbocycles. The van der Waals surface area contributed by atoms with Crippen LogP contribution in [0.5, 0.6) is 0 Å². The van der Waals surface area contributed by atoms with Crippen molar-refractivity contribution in [3.8, 4) is 0 Å². The Balaban J connectivity index is 1.71.